The van der Waals surface area contributed by atoms with Crippen LogP contribution in [0.1, 0.15) is 62.8 Å². The van der Waals surface area contributed by atoms with E-state index in [1.165, 1.54) is 5.56 Å². The molecule has 2 aromatic carbocycles. The van der Waals surface area contributed by atoms with Crippen LogP contribution in [0.25, 0.3) is 5.76 Å². The highest BCUT2D eigenvalue weighted by atomic mass is 16.5. The van der Waals surface area contributed by atoms with Gasteiger partial charge in [-0.25, -0.2) is 0 Å². The highest BCUT2D eigenvalue weighted by Gasteiger charge is 2.45. The molecule has 182 valence electrons. The Labute approximate surface area is 202 Å². The molecule has 1 aliphatic heterocycles. The van der Waals surface area contributed by atoms with Gasteiger partial charge in [0, 0.05) is 12.1 Å². The first-order valence-corrected chi connectivity index (χ1v) is 12.1. The number of carbonyl (C=O) groups excluding carboxylic acids is 2. The Hall–Kier alpha value is -3.12. The lowest BCUT2D eigenvalue weighted by molar-refractivity contribution is -0.140. The van der Waals surface area contributed by atoms with E-state index in [0.717, 1.165) is 31.6 Å². The summed E-state index contributed by atoms with van der Waals surface area (Å²) in [4.78, 5) is 30.2. The highest BCUT2D eigenvalue weighted by molar-refractivity contribution is 6.46. The maximum absolute atomic E-state index is 13.2. The van der Waals surface area contributed by atoms with Crippen LogP contribution in [0.5, 0.6) is 5.75 Å². The number of rotatable bonds is 10. The molecule has 0 spiro atoms. The monoisotopic (exact) mass is 464 g/mol. The molecule has 34 heavy (non-hydrogen) atoms. The molecule has 1 aliphatic rings. The number of likely N-dealkylation sites (tertiary alicyclic amines) is 1. The summed E-state index contributed by atoms with van der Waals surface area (Å²) in [6.07, 6.45) is 0.748. The fourth-order valence-electron chi connectivity index (χ4n) is 4.43. The number of Topliss-reactive ketones (excluding diaryl/α,β-unsaturated/α-hetero) is 1. The quantitative estimate of drug-likeness (QED) is 0.305. The van der Waals surface area contributed by atoms with Gasteiger partial charge in [0.15, 0.2) is 0 Å². The van der Waals surface area contributed by atoms with Gasteiger partial charge in [-0.15, -0.1) is 0 Å². The van der Waals surface area contributed by atoms with Crippen molar-refractivity contribution >= 4 is 17.4 Å². The van der Waals surface area contributed by atoms with Crippen molar-refractivity contribution in [1.82, 2.24) is 9.80 Å². The summed E-state index contributed by atoms with van der Waals surface area (Å²) in [5.74, 6) is -0.352. The average molecular weight is 465 g/mol. The average Bonchev–Trinajstić information content (AvgIpc) is 3.11. The van der Waals surface area contributed by atoms with Gasteiger partial charge < -0.3 is 19.6 Å². The molecule has 1 saturated heterocycles. The minimum atomic E-state index is -0.644. The van der Waals surface area contributed by atoms with Crippen molar-refractivity contribution in [1.29, 1.82) is 0 Å². The number of nitrogens with zero attached hydrogens (tertiary/aromatic N) is 2. The summed E-state index contributed by atoms with van der Waals surface area (Å²) in [7, 11) is 1.57. The second-order valence-corrected chi connectivity index (χ2v) is 8.92. The van der Waals surface area contributed by atoms with E-state index in [0.29, 0.717) is 23.8 Å². The summed E-state index contributed by atoms with van der Waals surface area (Å²) in [6.45, 7) is 11.6. The fourth-order valence-corrected chi connectivity index (χ4v) is 4.43. The molecule has 0 aliphatic carbocycles. The topological polar surface area (TPSA) is 70.1 Å². The van der Waals surface area contributed by atoms with Crippen molar-refractivity contribution in [3.8, 4) is 5.75 Å². The van der Waals surface area contributed by atoms with Gasteiger partial charge in [-0.05, 0) is 67.4 Å². The number of amides is 1. The Balaban J connectivity index is 2.03. The molecule has 3 rings (SSSR count). The summed E-state index contributed by atoms with van der Waals surface area (Å²) < 4.78 is 5.20. The molecule has 0 bridgehead atoms. The number of hydrogen-bond donors (Lipinski definition) is 1. The highest BCUT2D eigenvalue weighted by Crippen LogP contribution is 2.40. The minimum Gasteiger partial charge on any atom is -0.507 e. The fraction of sp³-hybridized carbons (Fsp3) is 0.429. The van der Waals surface area contributed by atoms with Gasteiger partial charge in [0.1, 0.15) is 11.5 Å². The third kappa shape index (κ3) is 5.33. The summed E-state index contributed by atoms with van der Waals surface area (Å²) in [5, 5.41) is 11.2. The van der Waals surface area contributed by atoms with Crippen LogP contribution < -0.4 is 4.74 Å². The Morgan fingerprint density at radius 2 is 1.65 bits per heavy atom. The van der Waals surface area contributed by atoms with Crippen LogP contribution in [0.3, 0.4) is 0 Å². The lowest BCUT2D eigenvalue weighted by atomic mass is 9.93. The van der Waals surface area contributed by atoms with Crippen molar-refractivity contribution in [2.24, 2.45) is 0 Å². The second-order valence-electron chi connectivity index (χ2n) is 8.92. The van der Waals surface area contributed by atoms with Crippen LogP contribution in [0.2, 0.25) is 0 Å². The van der Waals surface area contributed by atoms with E-state index in [9.17, 15) is 14.7 Å². The van der Waals surface area contributed by atoms with Crippen molar-refractivity contribution in [2.75, 3.05) is 33.3 Å². The van der Waals surface area contributed by atoms with Crippen LogP contribution in [0.15, 0.2) is 54.1 Å². The lowest BCUT2D eigenvalue weighted by Crippen LogP contribution is -2.33. The van der Waals surface area contributed by atoms with Crippen molar-refractivity contribution in [3.63, 3.8) is 0 Å². The molecule has 1 N–H and O–H groups in total. The number of hydrogen-bond acceptors (Lipinski definition) is 5. The molecule has 6 heteroatoms. The maximum Gasteiger partial charge on any atom is 0.295 e. The van der Waals surface area contributed by atoms with Crippen LogP contribution in [0, 0.1) is 0 Å². The van der Waals surface area contributed by atoms with Gasteiger partial charge in [0.05, 0.1) is 18.7 Å². The number of methoxy groups -OCH3 is 1. The molecular formula is C28H36N2O4. The van der Waals surface area contributed by atoms with Crippen LogP contribution >= 0.6 is 0 Å². The minimum absolute atomic E-state index is 0.135. The predicted octanol–water partition coefficient (Wildman–Crippen LogP) is 4.97. The van der Waals surface area contributed by atoms with Gasteiger partial charge in [-0.2, -0.15) is 0 Å². The second kappa shape index (κ2) is 11.3. The predicted molar refractivity (Wildman–Crippen MR) is 135 cm³/mol. The Kier molecular flexibility index (Phi) is 8.51. The van der Waals surface area contributed by atoms with E-state index >= 15 is 0 Å². The SMILES string of the molecule is CCN(CC)CCCN1C(=O)C(=O)/C(=C(\O)c2ccc(OC)cc2)C1c1ccc(C(C)C)cc1. The van der Waals surface area contributed by atoms with Gasteiger partial charge in [-0.1, -0.05) is 52.0 Å². The van der Waals surface area contributed by atoms with Crippen molar-refractivity contribution in [2.45, 2.75) is 46.1 Å². The molecule has 2 aromatic rings. The molecule has 0 aromatic heterocycles. The van der Waals surface area contributed by atoms with Crippen LogP contribution in [0.4, 0.5) is 0 Å². The number of aliphatic hydroxyl groups is 1. The zero-order valence-electron chi connectivity index (χ0n) is 20.9. The number of ketones is 1. The zero-order chi connectivity index (χ0) is 24.8. The first-order valence-electron chi connectivity index (χ1n) is 12.1. The lowest BCUT2D eigenvalue weighted by Gasteiger charge is -2.27. The summed E-state index contributed by atoms with van der Waals surface area (Å²) in [6, 6.07) is 14.2. The van der Waals surface area contributed by atoms with Crippen molar-refractivity contribution in [3.05, 3.63) is 70.8 Å². The summed E-state index contributed by atoms with van der Waals surface area (Å²) in [5.41, 5.74) is 2.61. The maximum atomic E-state index is 13.2. The van der Waals surface area contributed by atoms with Gasteiger partial charge in [0.2, 0.25) is 0 Å². The Morgan fingerprint density at radius 1 is 1.03 bits per heavy atom. The van der Waals surface area contributed by atoms with Gasteiger partial charge >= 0.3 is 0 Å². The Bertz CT molecular complexity index is 1020. The number of aliphatic hydroxyl groups excluding tert-OH is 1. The third-order valence-corrected chi connectivity index (χ3v) is 6.59. The largest absolute Gasteiger partial charge is 0.507 e. The molecule has 0 saturated carbocycles. The van der Waals surface area contributed by atoms with E-state index in [1.807, 2.05) is 24.3 Å². The van der Waals surface area contributed by atoms with Gasteiger partial charge in [-0.3, -0.25) is 9.59 Å². The number of carbonyl (C=O) groups is 2. The smallest absolute Gasteiger partial charge is 0.295 e. The normalized spacial score (nSPS) is 17.7. The third-order valence-electron chi connectivity index (χ3n) is 6.59. The van der Waals surface area contributed by atoms with Crippen LogP contribution in [-0.4, -0.2) is 59.9 Å². The van der Waals surface area contributed by atoms with Crippen molar-refractivity contribution < 1.29 is 19.4 Å². The molecule has 0 radical (unpaired) electrons. The number of ether oxygens (including phenoxy) is 1. The number of benzene rings is 2. The summed E-state index contributed by atoms with van der Waals surface area (Å²) >= 11 is 0. The van der Waals surface area contributed by atoms with E-state index in [1.54, 1.807) is 36.3 Å². The Morgan fingerprint density at radius 3 is 2.18 bits per heavy atom. The standard InChI is InChI=1S/C28H36N2O4/c1-6-29(7-2)17-8-18-30-25(21-11-9-20(10-12-21)19(3)4)24(27(32)28(30)33)26(31)22-13-15-23(34-5)16-14-22/h9-16,19,25,31H,6-8,17-18H2,1-5H3/b26-24-. The molecular weight excluding hydrogens is 428 g/mol. The van der Waals surface area contributed by atoms with E-state index in [2.05, 4.69) is 32.6 Å². The molecule has 1 heterocycles. The first-order chi connectivity index (χ1) is 16.3. The molecule has 1 atom stereocenters. The first kappa shape index (κ1) is 25.5. The molecule has 1 unspecified atom stereocenters. The zero-order valence-corrected chi connectivity index (χ0v) is 20.9. The molecule has 1 amide bonds. The molecule has 1 fully saturated rings. The van der Waals surface area contributed by atoms with Gasteiger partial charge in [0.25, 0.3) is 11.7 Å². The van der Waals surface area contributed by atoms with E-state index < -0.39 is 17.7 Å². The molecule has 6 nitrogen and oxygen atoms in total. The van der Waals surface area contributed by atoms with Crippen LogP contribution in [-0.2, 0) is 9.59 Å². The van der Waals surface area contributed by atoms with E-state index in [4.69, 9.17) is 4.74 Å². The van der Waals surface area contributed by atoms with E-state index in [-0.39, 0.29) is 11.3 Å².